The van der Waals surface area contributed by atoms with Gasteiger partial charge in [0.1, 0.15) is 11.5 Å². The van der Waals surface area contributed by atoms with Gasteiger partial charge in [-0.05, 0) is 62.2 Å². The van der Waals surface area contributed by atoms with E-state index in [-0.39, 0.29) is 5.97 Å². The van der Waals surface area contributed by atoms with Crippen molar-refractivity contribution in [1.29, 1.82) is 0 Å². The summed E-state index contributed by atoms with van der Waals surface area (Å²) in [6.45, 7) is 6.41. The Balaban J connectivity index is 2.13. The lowest BCUT2D eigenvalue weighted by atomic mass is 10.1. The monoisotopic (exact) mass is 270 g/mol. The van der Waals surface area contributed by atoms with Crippen molar-refractivity contribution < 1.29 is 14.3 Å². The molecular formula is C17H18O3. The van der Waals surface area contributed by atoms with Gasteiger partial charge >= 0.3 is 5.97 Å². The van der Waals surface area contributed by atoms with Crippen LogP contribution in [-0.4, -0.2) is 12.6 Å². The van der Waals surface area contributed by atoms with E-state index in [4.69, 9.17) is 9.47 Å². The van der Waals surface area contributed by atoms with Crippen LogP contribution in [0.15, 0.2) is 42.5 Å². The zero-order valence-electron chi connectivity index (χ0n) is 12.0. The van der Waals surface area contributed by atoms with Gasteiger partial charge in [-0.25, -0.2) is 4.79 Å². The number of carbonyl (C=O) groups is 1. The molecule has 0 spiro atoms. The molecule has 0 aliphatic rings. The van der Waals surface area contributed by atoms with Gasteiger partial charge in [-0.3, -0.25) is 0 Å². The van der Waals surface area contributed by atoms with Gasteiger partial charge < -0.3 is 9.47 Å². The molecule has 0 radical (unpaired) electrons. The van der Waals surface area contributed by atoms with Crippen LogP contribution in [0.4, 0.5) is 0 Å². The first-order valence-corrected chi connectivity index (χ1v) is 6.62. The van der Waals surface area contributed by atoms with Crippen molar-refractivity contribution >= 4 is 5.97 Å². The minimum atomic E-state index is -0.359. The SMILES string of the molecule is CCOc1ccc(C(=O)Oc2cc(C)ccc2C)cc1. The lowest BCUT2D eigenvalue weighted by Crippen LogP contribution is -2.09. The lowest BCUT2D eigenvalue weighted by molar-refractivity contribution is 0.0733. The zero-order valence-corrected chi connectivity index (χ0v) is 12.0. The summed E-state index contributed by atoms with van der Waals surface area (Å²) >= 11 is 0. The summed E-state index contributed by atoms with van der Waals surface area (Å²) < 4.78 is 10.8. The van der Waals surface area contributed by atoms with Crippen molar-refractivity contribution in [2.75, 3.05) is 6.61 Å². The molecule has 0 saturated carbocycles. The maximum atomic E-state index is 12.1. The van der Waals surface area contributed by atoms with E-state index in [0.717, 1.165) is 16.9 Å². The molecule has 0 N–H and O–H groups in total. The summed E-state index contributed by atoms with van der Waals surface area (Å²) in [5.41, 5.74) is 2.51. The third kappa shape index (κ3) is 3.38. The Bertz CT molecular complexity index is 600. The van der Waals surface area contributed by atoms with Crippen molar-refractivity contribution in [2.24, 2.45) is 0 Å². The lowest BCUT2D eigenvalue weighted by Gasteiger charge is -2.09. The summed E-state index contributed by atoms with van der Waals surface area (Å²) in [7, 11) is 0. The zero-order chi connectivity index (χ0) is 14.5. The Morgan fingerprint density at radius 3 is 2.40 bits per heavy atom. The molecule has 0 saturated heterocycles. The second-order valence-electron chi connectivity index (χ2n) is 4.62. The Morgan fingerprint density at radius 1 is 1.05 bits per heavy atom. The van der Waals surface area contributed by atoms with Crippen LogP contribution >= 0.6 is 0 Å². The first-order chi connectivity index (χ1) is 9.60. The summed E-state index contributed by atoms with van der Waals surface area (Å²) in [6, 6.07) is 12.7. The van der Waals surface area contributed by atoms with E-state index in [1.165, 1.54) is 0 Å². The topological polar surface area (TPSA) is 35.5 Å². The number of ether oxygens (including phenoxy) is 2. The molecule has 104 valence electrons. The highest BCUT2D eigenvalue weighted by molar-refractivity contribution is 5.91. The van der Waals surface area contributed by atoms with E-state index in [2.05, 4.69) is 0 Å². The summed E-state index contributed by atoms with van der Waals surface area (Å²) in [5, 5.41) is 0. The molecule has 0 atom stereocenters. The van der Waals surface area contributed by atoms with Crippen LogP contribution < -0.4 is 9.47 Å². The summed E-state index contributed by atoms with van der Waals surface area (Å²) in [5.74, 6) is 0.987. The third-order valence-electron chi connectivity index (χ3n) is 2.95. The van der Waals surface area contributed by atoms with E-state index < -0.39 is 0 Å². The smallest absolute Gasteiger partial charge is 0.343 e. The highest BCUT2D eigenvalue weighted by Crippen LogP contribution is 2.21. The highest BCUT2D eigenvalue weighted by atomic mass is 16.5. The Morgan fingerprint density at radius 2 is 1.75 bits per heavy atom. The largest absolute Gasteiger partial charge is 0.494 e. The fraction of sp³-hybridized carbons (Fsp3) is 0.235. The molecule has 0 bridgehead atoms. The van der Waals surface area contributed by atoms with E-state index in [1.54, 1.807) is 24.3 Å². The molecule has 0 aliphatic heterocycles. The molecule has 0 amide bonds. The number of aryl methyl sites for hydroxylation is 2. The van der Waals surface area contributed by atoms with Crippen LogP contribution in [0.1, 0.15) is 28.4 Å². The van der Waals surface area contributed by atoms with Gasteiger partial charge in [-0.15, -0.1) is 0 Å². The fourth-order valence-electron chi connectivity index (χ4n) is 1.83. The Kier molecular flexibility index (Phi) is 4.41. The Labute approximate surface area is 119 Å². The predicted molar refractivity (Wildman–Crippen MR) is 78.5 cm³/mol. The number of rotatable bonds is 4. The second kappa shape index (κ2) is 6.24. The van der Waals surface area contributed by atoms with Crippen molar-refractivity contribution in [3.8, 4) is 11.5 Å². The van der Waals surface area contributed by atoms with Gasteiger partial charge in [0.25, 0.3) is 0 Å². The van der Waals surface area contributed by atoms with Gasteiger partial charge in [0, 0.05) is 0 Å². The van der Waals surface area contributed by atoms with Crippen molar-refractivity contribution in [1.82, 2.24) is 0 Å². The van der Waals surface area contributed by atoms with Crippen LogP contribution in [-0.2, 0) is 0 Å². The molecule has 0 aromatic heterocycles. The van der Waals surface area contributed by atoms with Crippen LogP contribution in [0.25, 0.3) is 0 Å². The molecule has 0 heterocycles. The van der Waals surface area contributed by atoms with E-state index in [1.807, 2.05) is 39.0 Å². The van der Waals surface area contributed by atoms with Gasteiger partial charge in [0.05, 0.1) is 12.2 Å². The number of hydrogen-bond acceptors (Lipinski definition) is 3. The quantitative estimate of drug-likeness (QED) is 0.624. The molecular weight excluding hydrogens is 252 g/mol. The minimum Gasteiger partial charge on any atom is -0.494 e. The maximum Gasteiger partial charge on any atom is 0.343 e. The van der Waals surface area contributed by atoms with Crippen LogP contribution in [0.3, 0.4) is 0 Å². The van der Waals surface area contributed by atoms with Crippen molar-refractivity contribution in [3.63, 3.8) is 0 Å². The van der Waals surface area contributed by atoms with Crippen LogP contribution in [0, 0.1) is 13.8 Å². The molecule has 3 nitrogen and oxygen atoms in total. The van der Waals surface area contributed by atoms with E-state index >= 15 is 0 Å². The number of benzene rings is 2. The first-order valence-electron chi connectivity index (χ1n) is 6.62. The predicted octanol–water partition coefficient (Wildman–Crippen LogP) is 3.92. The maximum absolute atomic E-state index is 12.1. The first kappa shape index (κ1) is 14.1. The third-order valence-corrected chi connectivity index (χ3v) is 2.95. The Hall–Kier alpha value is -2.29. The molecule has 2 aromatic rings. The molecule has 20 heavy (non-hydrogen) atoms. The molecule has 0 unspecified atom stereocenters. The van der Waals surface area contributed by atoms with E-state index in [0.29, 0.717) is 17.9 Å². The van der Waals surface area contributed by atoms with Gasteiger partial charge in [0.15, 0.2) is 0 Å². The molecule has 2 rings (SSSR count). The normalized spacial score (nSPS) is 10.2. The minimum absolute atomic E-state index is 0.359. The summed E-state index contributed by atoms with van der Waals surface area (Å²) in [4.78, 5) is 12.1. The number of hydrogen-bond donors (Lipinski definition) is 0. The average molecular weight is 270 g/mol. The standard InChI is InChI=1S/C17H18O3/c1-4-19-15-9-7-14(8-10-15)17(18)20-16-11-12(2)5-6-13(16)3/h5-11H,4H2,1-3H3. The van der Waals surface area contributed by atoms with Crippen molar-refractivity contribution in [3.05, 3.63) is 59.2 Å². The molecule has 3 heteroatoms. The number of esters is 1. The second-order valence-corrected chi connectivity index (χ2v) is 4.62. The average Bonchev–Trinajstić information content (AvgIpc) is 2.44. The molecule has 0 aliphatic carbocycles. The highest BCUT2D eigenvalue weighted by Gasteiger charge is 2.10. The van der Waals surface area contributed by atoms with Crippen molar-refractivity contribution in [2.45, 2.75) is 20.8 Å². The fourth-order valence-corrected chi connectivity index (χ4v) is 1.83. The summed E-state index contributed by atoms with van der Waals surface area (Å²) in [6.07, 6.45) is 0. The van der Waals surface area contributed by atoms with Gasteiger partial charge in [0.2, 0.25) is 0 Å². The molecule has 0 fully saturated rings. The number of carbonyl (C=O) groups excluding carboxylic acids is 1. The van der Waals surface area contributed by atoms with Gasteiger partial charge in [-0.1, -0.05) is 12.1 Å². The van der Waals surface area contributed by atoms with Crippen LogP contribution in [0.2, 0.25) is 0 Å². The molecule has 2 aromatic carbocycles. The van der Waals surface area contributed by atoms with E-state index in [9.17, 15) is 4.79 Å². The van der Waals surface area contributed by atoms with Gasteiger partial charge in [-0.2, -0.15) is 0 Å². The van der Waals surface area contributed by atoms with Crippen LogP contribution in [0.5, 0.6) is 11.5 Å².